The van der Waals surface area contributed by atoms with Crippen molar-refractivity contribution in [1.29, 1.82) is 0 Å². The Kier molecular flexibility index (Phi) is 2.28. The van der Waals surface area contributed by atoms with Crippen molar-refractivity contribution in [2.24, 2.45) is 5.92 Å². The van der Waals surface area contributed by atoms with Crippen LogP contribution in [-0.4, -0.2) is 0 Å². The van der Waals surface area contributed by atoms with Gasteiger partial charge in [-0.2, -0.15) is 0 Å². The zero-order valence-electron chi connectivity index (χ0n) is 11.4. The zero-order chi connectivity index (χ0) is 12.3. The molecule has 1 aliphatic carbocycles. The van der Waals surface area contributed by atoms with E-state index in [9.17, 15) is 0 Å². The Morgan fingerprint density at radius 3 is 1.94 bits per heavy atom. The molecule has 1 atom stereocenters. The normalized spacial score (nSPS) is 22.2. The Morgan fingerprint density at radius 2 is 1.44 bits per heavy atom. The maximum absolute atomic E-state index is 4.14. The van der Waals surface area contributed by atoms with Crippen LogP contribution in [0.15, 0.2) is 12.1 Å². The van der Waals surface area contributed by atoms with Crippen LogP contribution in [-0.2, 0) is 10.8 Å². The minimum absolute atomic E-state index is 0.263. The summed E-state index contributed by atoms with van der Waals surface area (Å²) in [4.78, 5) is 0. The lowest BCUT2D eigenvalue weighted by atomic mass is 9.71. The van der Waals surface area contributed by atoms with E-state index >= 15 is 0 Å². The van der Waals surface area contributed by atoms with Crippen molar-refractivity contribution in [2.45, 2.75) is 52.4 Å². The van der Waals surface area contributed by atoms with E-state index in [0.29, 0.717) is 5.92 Å². The number of hydrogen-bond acceptors (Lipinski definition) is 0. The summed E-state index contributed by atoms with van der Waals surface area (Å²) in [5, 5.41) is 0. The molecule has 1 unspecified atom stereocenters. The fourth-order valence-electron chi connectivity index (χ4n) is 3.19. The van der Waals surface area contributed by atoms with Crippen molar-refractivity contribution in [3.63, 3.8) is 0 Å². The van der Waals surface area contributed by atoms with Crippen LogP contribution in [0.4, 0.5) is 0 Å². The topological polar surface area (TPSA) is 0 Å². The van der Waals surface area contributed by atoms with E-state index in [2.05, 4.69) is 60.6 Å². The average molecular weight is 215 g/mol. The number of benzene rings is 1. The van der Waals surface area contributed by atoms with Crippen LogP contribution in [0.25, 0.3) is 0 Å². The summed E-state index contributed by atoms with van der Waals surface area (Å²) in [6.45, 7) is 18.1. The number of aryl methyl sites for hydroxylation is 1. The molecule has 0 N–H and O–H groups in total. The predicted octanol–water partition coefficient (Wildman–Crippen LogP) is 4.38. The molecule has 1 aliphatic rings. The first-order valence-electron chi connectivity index (χ1n) is 6.16. The molecule has 16 heavy (non-hydrogen) atoms. The largest absolute Gasteiger partial charge is 0.0608 e. The fourth-order valence-corrected chi connectivity index (χ4v) is 3.19. The van der Waals surface area contributed by atoms with Crippen molar-refractivity contribution in [2.75, 3.05) is 0 Å². The van der Waals surface area contributed by atoms with Crippen LogP contribution in [0, 0.1) is 19.8 Å². The van der Waals surface area contributed by atoms with E-state index in [1.165, 1.54) is 22.3 Å². The lowest BCUT2D eigenvalue weighted by Gasteiger charge is -2.32. The first-order valence-corrected chi connectivity index (χ1v) is 6.16. The summed E-state index contributed by atoms with van der Waals surface area (Å²) < 4.78 is 0. The first-order chi connectivity index (χ1) is 7.19. The van der Waals surface area contributed by atoms with Crippen molar-refractivity contribution in [3.8, 4) is 0 Å². The van der Waals surface area contributed by atoms with Crippen LogP contribution >= 0.6 is 0 Å². The van der Waals surface area contributed by atoms with Crippen molar-refractivity contribution in [3.05, 3.63) is 41.3 Å². The van der Waals surface area contributed by atoms with Gasteiger partial charge in [0.2, 0.25) is 0 Å². The van der Waals surface area contributed by atoms with Gasteiger partial charge in [-0.25, -0.2) is 0 Å². The number of fused-ring (bicyclic) bond motifs is 1. The Bertz CT molecular complexity index is 395. The summed E-state index contributed by atoms with van der Waals surface area (Å²) in [5.74, 6) is 0.663. The molecule has 0 aliphatic heterocycles. The van der Waals surface area contributed by atoms with E-state index in [1.54, 1.807) is 0 Å². The van der Waals surface area contributed by atoms with Crippen molar-refractivity contribution >= 4 is 0 Å². The Morgan fingerprint density at radius 1 is 1.00 bits per heavy atom. The highest BCUT2D eigenvalue weighted by molar-refractivity contribution is 5.51. The summed E-state index contributed by atoms with van der Waals surface area (Å²) in [6.07, 6.45) is 0. The molecule has 1 aromatic rings. The SMILES string of the molecule is [CH2]c1cc2c(cc1C)C(C)(C)C(C)C2(C)C. The quantitative estimate of drug-likeness (QED) is 0.602. The molecule has 1 aromatic carbocycles. The highest BCUT2D eigenvalue weighted by Crippen LogP contribution is 2.53. The van der Waals surface area contributed by atoms with Crippen LogP contribution in [0.2, 0.25) is 0 Å². The molecule has 0 saturated carbocycles. The van der Waals surface area contributed by atoms with Gasteiger partial charge in [0, 0.05) is 0 Å². The Hall–Kier alpha value is -0.780. The van der Waals surface area contributed by atoms with Crippen molar-refractivity contribution < 1.29 is 0 Å². The van der Waals surface area contributed by atoms with Gasteiger partial charge in [-0.1, -0.05) is 46.8 Å². The molecular formula is C16H23. The van der Waals surface area contributed by atoms with E-state index in [-0.39, 0.29) is 10.8 Å². The van der Waals surface area contributed by atoms with Gasteiger partial charge in [-0.15, -0.1) is 0 Å². The minimum atomic E-state index is 0.263. The zero-order valence-corrected chi connectivity index (χ0v) is 11.4. The average Bonchev–Trinajstić information content (AvgIpc) is 2.29. The van der Waals surface area contributed by atoms with Gasteiger partial charge in [0.1, 0.15) is 0 Å². The Balaban J connectivity index is 2.75. The third kappa shape index (κ3) is 1.28. The molecule has 2 rings (SSSR count). The maximum atomic E-state index is 4.14. The smallest absolute Gasteiger partial charge is 0.00666 e. The van der Waals surface area contributed by atoms with Crippen LogP contribution in [0.3, 0.4) is 0 Å². The standard InChI is InChI=1S/C16H23/c1-10-8-13-14(9-11(10)2)16(6,7)12(3)15(13,4)5/h8-9,12H,1H2,2-7H3. The van der Waals surface area contributed by atoms with Gasteiger partial charge in [0.15, 0.2) is 0 Å². The van der Waals surface area contributed by atoms with Crippen LogP contribution in [0.5, 0.6) is 0 Å². The van der Waals surface area contributed by atoms with Crippen LogP contribution < -0.4 is 0 Å². The number of rotatable bonds is 0. The molecule has 0 heteroatoms. The van der Waals surface area contributed by atoms with E-state index in [1.807, 2.05) is 0 Å². The molecule has 0 bridgehead atoms. The molecular weight excluding hydrogens is 192 g/mol. The van der Waals surface area contributed by atoms with E-state index in [0.717, 1.165) is 0 Å². The maximum Gasteiger partial charge on any atom is -0.00666 e. The monoisotopic (exact) mass is 215 g/mol. The fraction of sp³-hybridized carbons (Fsp3) is 0.562. The molecule has 87 valence electrons. The molecule has 1 radical (unpaired) electrons. The lowest BCUT2D eigenvalue weighted by Crippen LogP contribution is -2.30. The Labute approximate surface area is 100 Å². The summed E-state index contributed by atoms with van der Waals surface area (Å²) in [6, 6.07) is 4.65. The second kappa shape index (κ2) is 3.12. The van der Waals surface area contributed by atoms with E-state index in [4.69, 9.17) is 0 Å². The molecule has 0 spiro atoms. The molecule has 0 aromatic heterocycles. The molecule has 0 saturated heterocycles. The third-order valence-corrected chi connectivity index (χ3v) is 5.03. The van der Waals surface area contributed by atoms with Crippen LogP contribution in [0.1, 0.15) is 56.9 Å². The van der Waals surface area contributed by atoms with Gasteiger partial charge in [0.05, 0.1) is 0 Å². The molecule has 0 heterocycles. The van der Waals surface area contributed by atoms with Gasteiger partial charge >= 0.3 is 0 Å². The van der Waals surface area contributed by atoms with Gasteiger partial charge in [-0.3, -0.25) is 0 Å². The highest BCUT2D eigenvalue weighted by Gasteiger charge is 2.48. The summed E-state index contributed by atoms with van der Waals surface area (Å²) in [5.41, 5.74) is 6.06. The molecule has 0 nitrogen and oxygen atoms in total. The summed E-state index contributed by atoms with van der Waals surface area (Å²) >= 11 is 0. The predicted molar refractivity (Wildman–Crippen MR) is 70.9 cm³/mol. The number of hydrogen-bond donors (Lipinski definition) is 0. The third-order valence-electron chi connectivity index (χ3n) is 5.03. The van der Waals surface area contributed by atoms with Gasteiger partial charge in [-0.05, 0) is 52.8 Å². The summed E-state index contributed by atoms with van der Waals surface area (Å²) in [7, 11) is 0. The highest BCUT2D eigenvalue weighted by atomic mass is 14.5. The molecule has 0 fully saturated rings. The van der Waals surface area contributed by atoms with Crippen molar-refractivity contribution in [1.82, 2.24) is 0 Å². The molecule has 0 amide bonds. The second-order valence-electron chi connectivity index (χ2n) is 6.49. The van der Waals surface area contributed by atoms with E-state index < -0.39 is 0 Å². The second-order valence-corrected chi connectivity index (χ2v) is 6.49. The minimum Gasteiger partial charge on any atom is -0.0608 e. The van der Waals surface area contributed by atoms with Gasteiger partial charge < -0.3 is 0 Å². The van der Waals surface area contributed by atoms with Gasteiger partial charge in [0.25, 0.3) is 0 Å². The lowest BCUT2D eigenvalue weighted by molar-refractivity contribution is 0.264. The first kappa shape index (κ1) is 11.7.